The van der Waals surface area contributed by atoms with Gasteiger partial charge >= 0.3 is 0 Å². The number of benzene rings is 2. The second kappa shape index (κ2) is 8.90. The van der Waals surface area contributed by atoms with Crippen LogP contribution in [0.4, 0.5) is 0 Å². The van der Waals surface area contributed by atoms with E-state index in [9.17, 15) is 4.79 Å². The van der Waals surface area contributed by atoms with E-state index >= 15 is 0 Å². The fourth-order valence-electron chi connectivity index (χ4n) is 3.97. The second-order valence-corrected chi connectivity index (χ2v) is 7.75. The Balaban J connectivity index is 1.57. The molecule has 30 heavy (non-hydrogen) atoms. The molecule has 0 unspecified atom stereocenters. The molecule has 7 heteroatoms. The second-order valence-electron chi connectivity index (χ2n) is 7.34. The smallest absolute Gasteiger partial charge is 0.242 e. The monoisotopic (exact) mass is 424 g/mol. The number of carbonyl (C=O) groups is 1. The third-order valence-electron chi connectivity index (χ3n) is 5.41. The first-order valence-corrected chi connectivity index (χ1v) is 10.4. The van der Waals surface area contributed by atoms with Crippen molar-refractivity contribution in [2.45, 2.75) is 19.9 Å². The van der Waals surface area contributed by atoms with Crippen LogP contribution in [0.25, 0.3) is 5.69 Å². The van der Waals surface area contributed by atoms with Gasteiger partial charge < -0.3 is 10.1 Å². The summed E-state index contributed by atoms with van der Waals surface area (Å²) in [4.78, 5) is 15.0. The molecule has 0 bridgehead atoms. The molecule has 6 nitrogen and oxygen atoms in total. The van der Waals surface area contributed by atoms with Gasteiger partial charge in [0.2, 0.25) is 5.91 Å². The van der Waals surface area contributed by atoms with Gasteiger partial charge in [-0.05, 0) is 38.1 Å². The Labute approximate surface area is 181 Å². The summed E-state index contributed by atoms with van der Waals surface area (Å²) in [5, 5.41) is 8.31. The minimum Gasteiger partial charge on any atom is -0.491 e. The highest BCUT2D eigenvalue weighted by Gasteiger charge is 2.35. The summed E-state index contributed by atoms with van der Waals surface area (Å²) in [6.07, 6.45) is 0. The van der Waals surface area contributed by atoms with Gasteiger partial charge in [0.1, 0.15) is 18.4 Å². The number of aryl methyl sites for hydroxylation is 1. The van der Waals surface area contributed by atoms with Crippen molar-refractivity contribution < 1.29 is 9.53 Å². The van der Waals surface area contributed by atoms with Gasteiger partial charge in [0.05, 0.1) is 16.4 Å². The van der Waals surface area contributed by atoms with Gasteiger partial charge in [0.25, 0.3) is 0 Å². The standard InChI is InChI=1S/C23H25ClN4O2/c1-16-21(17(2)28(26-16)18-8-4-3-5-9-18)22-23(29)25-12-13-27(22)14-15-30-20-11-7-6-10-19(20)24/h3-11,22H,12-15H2,1-2H3,(H,25,29)/t22-/m0/s1. The van der Waals surface area contributed by atoms with Crippen molar-refractivity contribution in [2.75, 3.05) is 26.2 Å². The number of piperazine rings is 1. The molecule has 1 aromatic heterocycles. The number of nitrogens with zero attached hydrogens (tertiary/aromatic N) is 3. The Bertz CT molecular complexity index is 1030. The molecular weight excluding hydrogens is 400 g/mol. The van der Waals surface area contributed by atoms with Crippen LogP contribution in [0, 0.1) is 13.8 Å². The van der Waals surface area contributed by atoms with E-state index in [-0.39, 0.29) is 5.91 Å². The first kappa shape index (κ1) is 20.4. The van der Waals surface area contributed by atoms with Crippen LogP contribution in [0.2, 0.25) is 5.02 Å². The number of nitrogens with one attached hydrogen (secondary N) is 1. The van der Waals surface area contributed by atoms with Gasteiger partial charge in [-0.1, -0.05) is 41.9 Å². The van der Waals surface area contributed by atoms with E-state index in [1.807, 2.05) is 67.1 Å². The molecule has 1 amide bonds. The number of halogens is 1. The van der Waals surface area contributed by atoms with E-state index in [2.05, 4.69) is 10.2 Å². The lowest BCUT2D eigenvalue weighted by Gasteiger charge is -2.35. The van der Waals surface area contributed by atoms with Crippen LogP contribution in [-0.2, 0) is 4.79 Å². The summed E-state index contributed by atoms with van der Waals surface area (Å²) >= 11 is 6.18. The molecule has 1 fully saturated rings. The quantitative estimate of drug-likeness (QED) is 0.655. The van der Waals surface area contributed by atoms with E-state index in [0.717, 1.165) is 29.2 Å². The predicted molar refractivity (Wildman–Crippen MR) is 117 cm³/mol. The first-order chi connectivity index (χ1) is 14.6. The zero-order valence-corrected chi connectivity index (χ0v) is 17.9. The molecule has 1 atom stereocenters. The summed E-state index contributed by atoms with van der Waals surface area (Å²) < 4.78 is 7.78. The minimum absolute atomic E-state index is 0.00203. The maximum Gasteiger partial charge on any atom is 0.242 e. The number of para-hydroxylation sites is 2. The van der Waals surface area contributed by atoms with E-state index in [1.165, 1.54) is 0 Å². The zero-order chi connectivity index (χ0) is 21.1. The average molecular weight is 425 g/mol. The van der Waals surface area contributed by atoms with Crippen LogP contribution >= 0.6 is 11.6 Å². The lowest BCUT2D eigenvalue weighted by molar-refractivity contribution is -0.129. The van der Waals surface area contributed by atoms with Crippen molar-refractivity contribution in [3.8, 4) is 11.4 Å². The predicted octanol–water partition coefficient (Wildman–Crippen LogP) is 3.69. The Morgan fingerprint density at radius 1 is 1.13 bits per heavy atom. The zero-order valence-electron chi connectivity index (χ0n) is 17.1. The van der Waals surface area contributed by atoms with Gasteiger partial charge in [-0.2, -0.15) is 5.10 Å². The molecule has 2 aromatic carbocycles. The maximum atomic E-state index is 12.9. The highest BCUT2D eigenvalue weighted by molar-refractivity contribution is 6.32. The number of rotatable bonds is 6. The highest BCUT2D eigenvalue weighted by Crippen LogP contribution is 2.30. The van der Waals surface area contributed by atoms with Crippen molar-refractivity contribution in [2.24, 2.45) is 0 Å². The fraction of sp³-hybridized carbons (Fsp3) is 0.304. The summed E-state index contributed by atoms with van der Waals surface area (Å²) in [6, 6.07) is 17.0. The number of carbonyl (C=O) groups excluding carboxylic acids is 1. The normalized spacial score (nSPS) is 17.0. The van der Waals surface area contributed by atoms with Crippen molar-refractivity contribution in [3.05, 3.63) is 76.6 Å². The third kappa shape index (κ3) is 4.06. The number of hydrogen-bond acceptors (Lipinski definition) is 4. The van der Waals surface area contributed by atoms with E-state index in [1.54, 1.807) is 6.07 Å². The van der Waals surface area contributed by atoms with E-state index < -0.39 is 6.04 Å². The van der Waals surface area contributed by atoms with E-state index in [4.69, 9.17) is 21.4 Å². The molecule has 0 radical (unpaired) electrons. The van der Waals surface area contributed by atoms with Crippen LogP contribution in [0.1, 0.15) is 23.0 Å². The number of ether oxygens (including phenoxy) is 1. The Morgan fingerprint density at radius 2 is 1.87 bits per heavy atom. The van der Waals surface area contributed by atoms with Gasteiger partial charge in [0.15, 0.2) is 0 Å². The largest absolute Gasteiger partial charge is 0.491 e. The van der Waals surface area contributed by atoms with Crippen LogP contribution in [-0.4, -0.2) is 46.8 Å². The molecule has 0 spiro atoms. The average Bonchev–Trinajstić information content (AvgIpc) is 3.04. The Morgan fingerprint density at radius 3 is 2.63 bits per heavy atom. The molecule has 1 aliphatic heterocycles. The highest BCUT2D eigenvalue weighted by atomic mass is 35.5. The lowest BCUT2D eigenvalue weighted by Crippen LogP contribution is -2.51. The molecule has 2 heterocycles. The van der Waals surface area contributed by atoms with Gasteiger partial charge in [0, 0.05) is 30.9 Å². The lowest BCUT2D eigenvalue weighted by atomic mass is 10.0. The number of amides is 1. The van der Waals surface area contributed by atoms with Gasteiger partial charge in [-0.15, -0.1) is 0 Å². The van der Waals surface area contributed by atoms with Gasteiger partial charge in [-0.3, -0.25) is 9.69 Å². The van der Waals surface area contributed by atoms with Crippen molar-refractivity contribution in [1.29, 1.82) is 0 Å². The molecule has 4 rings (SSSR count). The number of aromatic nitrogens is 2. The topological polar surface area (TPSA) is 59.4 Å². The summed E-state index contributed by atoms with van der Waals surface area (Å²) in [7, 11) is 0. The molecule has 1 saturated heterocycles. The SMILES string of the molecule is Cc1nn(-c2ccccc2)c(C)c1[C@H]1C(=O)NCCN1CCOc1ccccc1Cl. The Kier molecular flexibility index (Phi) is 6.06. The molecular formula is C23H25ClN4O2. The van der Waals surface area contributed by atoms with Crippen LogP contribution in [0.5, 0.6) is 5.75 Å². The number of hydrogen-bond donors (Lipinski definition) is 1. The summed E-state index contributed by atoms with van der Waals surface area (Å²) in [5.41, 5.74) is 3.76. The maximum absolute atomic E-state index is 12.9. The minimum atomic E-state index is -0.397. The molecule has 0 saturated carbocycles. The molecule has 1 N–H and O–H groups in total. The van der Waals surface area contributed by atoms with Crippen molar-refractivity contribution in [1.82, 2.24) is 20.0 Å². The van der Waals surface area contributed by atoms with Gasteiger partial charge in [-0.25, -0.2) is 4.68 Å². The van der Waals surface area contributed by atoms with Crippen molar-refractivity contribution in [3.63, 3.8) is 0 Å². The Hall–Kier alpha value is -2.83. The van der Waals surface area contributed by atoms with Crippen LogP contribution in [0.3, 0.4) is 0 Å². The summed E-state index contributed by atoms with van der Waals surface area (Å²) in [6.45, 7) is 6.39. The fourth-order valence-corrected chi connectivity index (χ4v) is 4.16. The molecule has 3 aromatic rings. The molecule has 1 aliphatic rings. The van der Waals surface area contributed by atoms with E-state index in [0.29, 0.717) is 30.5 Å². The molecule has 156 valence electrons. The van der Waals surface area contributed by atoms with Crippen molar-refractivity contribution >= 4 is 17.5 Å². The molecule has 0 aliphatic carbocycles. The third-order valence-corrected chi connectivity index (χ3v) is 5.72. The van der Waals surface area contributed by atoms with Crippen LogP contribution < -0.4 is 10.1 Å². The first-order valence-electron chi connectivity index (χ1n) is 10.1. The van der Waals surface area contributed by atoms with Crippen LogP contribution in [0.15, 0.2) is 54.6 Å². The summed E-state index contributed by atoms with van der Waals surface area (Å²) in [5.74, 6) is 0.652.